The molecule has 5 rings (SSSR count). The largest absolute Gasteiger partial charge is 0.510 e. The Kier molecular flexibility index (Phi) is 5.73. The van der Waals surface area contributed by atoms with Crippen molar-refractivity contribution in [3.63, 3.8) is 0 Å². The van der Waals surface area contributed by atoms with E-state index >= 15 is 0 Å². The molecule has 1 heterocycles. The maximum Gasteiger partial charge on any atom is 0.255 e. The number of carbonyl (C=O) groups excluding carboxylic acids is 3. The third kappa shape index (κ3) is 3.31. The SMILES string of the molecule is CN(C)[C@@H]1C(O)=C(C(N)=O)C(=O)[C@@]2(O)C(O)=C3C(=O)c4c(O)cc(C5CCCCN5)cc4C[C@H]3C[C@@H]12. The highest BCUT2D eigenvalue weighted by Gasteiger charge is 2.63. The predicted molar refractivity (Wildman–Crippen MR) is 128 cm³/mol. The summed E-state index contributed by atoms with van der Waals surface area (Å²) >= 11 is 0. The summed E-state index contributed by atoms with van der Waals surface area (Å²) in [4.78, 5) is 40.5. The Morgan fingerprint density at radius 1 is 1.17 bits per heavy atom. The van der Waals surface area contributed by atoms with Crippen molar-refractivity contribution < 1.29 is 34.8 Å². The zero-order valence-corrected chi connectivity index (χ0v) is 20.2. The molecule has 36 heavy (non-hydrogen) atoms. The van der Waals surface area contributed by atoms with Crippen LogP contribution >= 0.6 is 0 Å². The number of carbonyl (C=O) groups is 3. The van der Waals surface area contributed by atoms with Crippen LogP contribution < -0.4 is 11.1 Å². The number of rotatable bonds is 3. The molecule has 1 amide bonds. The molecule has 1 aliphatic heterocycles. The van der Waals surface area contributed by atoms with E-state index in [-0.39, 0.29) is 29.3 Å². The molecule has 1 unspecified atom stereocenters. The van der Waals surface area contributed by atoms with E-state index in [0.29, 0.717) is 12.0 Å². The second-order valence-electron chi connectivity index (χ2n) is 10.5. The van der Waals surface area contributed by atoms with Crippen LogP contribution in [0.4, 0.5) is 0 Å². The molecule has 10 heteroatoms. The number of nitrogens with one attached hydrogen (secondary N) is 1. The number of aliphatic hydroxyl groups is 3. The van der Waals surface area contributed by atoms with Gasteiger partial charge in [0, 0.05) is 17.5 Å². The topological polar surface area (TPSA) is 173 Å². The lowest BCUT2D eigenvalue weighted by molar-refractivity contribution is -0.148. The van der Waals surface area contributed by atoms with Crippen LogP contribution in [0.5, 0.6) is 5.75 Å². The first-order chi connectivity index (χ1) is 17.0. The summed E-state index contributed by atoms with van der Waals surface area (Å²) in [5.74, 6) is -6.37. The lowest BCUT2D eigenvalue weighted by atomic mass is 9.58. The average molecular weight is 498 g/mol. The van der Waals surface area contributed by atoms with Gasteiger partial charge in [-0.1, -0.05) is 12.5 Å². The van der Waals surface area contributed by atoms with Crippen LogP contribution in [0.15, 0.2) is 34.8 Å². The van der Waals surface area contributed by atoms with Crippen molar-refractivity contribution in [2.75, 3.05) is 20.6 Å². The number of benzene rings is 1. The second kappa shape index (κ2) is 8.43. The Morgan fingerprint density at radius 3 is 2.50 bits per heavy atom. The molecule has 0 radical (unpaired) electrons. The molecule has 4 aliphatic rings. The van der Waals surface area contributed by atoms with Gasteiger partial charge in [-0.25, -0.2) is 0 Å². The number of likely N-dealkylation sites (N-methyl/N-ethyl adjacent to an activating group) is 1. The number of Topliss-reactive ketones (excluding diaryl/α,β-unsaturated/α-hetero) is 2. The van der Waals surface area contributed by atoms with E-state index in [4.69, 9.17) is 5.73 Å². The van der Waals surface area contributed by atoms with E-state index in [9.17, 15) is 34.8 Å². The van der Waals surface area contributed by atoms with Gasteiger partial charge in [0.25, 0.3) is 5.91 Å². The van der Waals surface area contributed by atoms with Gasteiger partial charge in [0.1, 0.15) is 22.8 Å². The minimum Gasteiger partial charge on any atom is -0.510 e. The number of phenolic OH excluding ortho intramolecular Hbond substituents is 1. The quantitative estimate of drug-likeness (QED) is 0.332. The number of nitrogens with zero attached hydrogens (tertiary/aromatic N) is 1. The number of hydrogen-bond acceptors (Lipinski definition) is 9. The molecule has 192 valence electrons. The molecular weight excluding hydrogens is 466 g/mol. The molecule has 0 aromatic heterocycles. The van der Waals surface area contributed by atoms with Crippen molar-refractivity contribution in [1.82, 2.24) is 10.2 Å². The van der Waals surface area contributed by atoms with Gasteiger partial charge < -0.3 is 31.5 Å². The first-order valence-corrected chi connectivity index (χ1v) is 12.2. The summed E-state index contributed by atoms with van der Waals surface area (Å²) in [6.45, 7) is 0.870. The van der Waals surface area contributed by atoms with E-state index in [0.717, 1.165) is 31.4 Å². The Hall–Kier alpha value is -3.21. The Balaban J connectivity index is 1.64. The van der Waals surface area contributed by atoms with Crippen LogP contribution in [0, 0.1) is 11.8 Å². The number of amides is 1. The monoisotopic (exact) mass is 497 g/mol. The first kappa shape index (κ1) is 24.5. The fraction of sp³-hybridized carbons (Fsp3) is 0.500. The molecule has 7 N–H and O–H groups in total. The predicted octanol–water partition coefficient (Wildman–Crippen LogP) is 0.935. The van der Waals surface area contributed by atoms with E-state index in [1.165, 1.54) is 4.90 Å². The number of aliphatic hydroxyl groups excluding tert-OH is 2. The summed E-state index contributed by atoms with van der Waals surface area (Å²) < 4.78 is 0. The Bertz CT molecular complexity index is 1240. The summed E-state index contributed by atoms with van der Waals surface area (Å²) in [7, 11) is 3.21. The van der Waals surface area contributed by atoms with Crippen molar-refractivity contribution in [1.29, 1.82) is 0 Å². The second-order valence-corrected chi connectivity index (χ2v) is 10.5. The molecule has 0 saturated carbocycles. The Morgan fingerprint density at radius 2 is 1.89 bits per heavy atom. The highest BCUT2D eigenvalue weighted by Crippen LogP contribution is 2.52. The van der Waals surface area contributed by atoms with Crippen molar-refractivity contribution >= 4 is 17.5 Å². The summed E-state index contributed by atoms with van der Waals surface area (Å²) in [6.07, 6.45) is 3.43. The van der Waals surface area contributed by atoms with Crippen molar-refractivity contribution in [3.8, 4) is 5.75 Å². The number of piperidine rings is 1. The molecule has 0 bridgehead atoms. The summed E-state index contributed by atoms with van der Waals surface area (Å²) in [5, 5.41) is 48.0. The van der Waals surface area contributed by atoms with E-state index in [1.54, 1.807) is 20.2 Å². The van der Waals surface area contributed by atoms with Crippen LogP contribution in [0.2, 0.25) is 0 Å². The number of aromatic hydroxyl groups is 1. The van der Waals surface area contributed by atoms with Gasteiger partial charge >= 0.3 is 0 Å². The minimum absolute atomic E-state index is 0.0374. The smallest absolute Gasteiger partial charge is 0.255 e. The van der Waals surface area contributed by atoms with Gasteiger partial charge in [0.2, 0.25) is 5.78 Å². The maximum absolute atomic E-state index is 13.6. The molecule has 1 aromatic rings. The number of fused-ring (bicyclic) bond motifs is 3. The van der Waals surface area contributed by atoms with Crippen LogP contribution in [0.25, 0.3) is 0 Å². The normalized spacial score (nSPS) is 32.3. The van der Waals surface area contributed by atoms with E-state index < -0.39 is 58.0 Å². The van der Waals surface area contributed by atoms with Gasteiger partial charge in [-0.2, -0.15) is 0 Å². The van der Waals surface area contributed by atoms with Gasteiger partial charge in [0.05, 0.1) is 11.6 Å². The highest BCUT2D eigenvalue weighted by molar-refractivity contribution is 6.24. The zero-order chi connectivity index (χ0) is 26.1. The van der Waals surface area contributed by atoms with Crippen LogP contribution in [-0.2, 0) is 16.0 Å². The minimum atomic E-state index is -2.62. The average Bonchev–Trinajstić information content (AvgIpc) is 2.81. The Labute approximate surface area is 208 Å². The number of hydrogen-bond donors (Lipinski definition) is 6. The van der Waals surface area contributed by atoms with Crippen LogP contribution in [0.1, 0.15) is 53.2 Å². The van der Waals surface area contributed by atoms with Crippen molar-refractivity contribution in [2.45, 2.75) is 49.8 Å². The lowest BCUT2D eigenvalue weighted by Gasteiger charge is -2.50. The molecule has 1 fully saturated rings. The van der Waals surface area contributed by atoms with Gasteiger partial charge in [0.15, 0.2) is 11.4 Å². The third-order valence-electron chi connectivity index (χ3n) is 8.27. The zero-order valence-electron chi connectivity index (χ0n) is 20.2. The number of phenols is 1. The fourth-order valence-corrected chi connectivity index (χ4v) is 6.64. The van der Waals surface area contributed by atoms with Crippen molar-refractivity contribution in [3.05, 3.63) is 51.5 Å². The van der Waals surface area contributed by atoms with Gasteiger partial charge in [-0.15, -0.1) is 0 Å². The highest BCUT2D eigenvalue weighted by atomic mass is 16.3. The lowest BCUT2D eigenvalue weighted by Crippen LogP contribution is -2.63. The number of primary amides is 1. The first-order valence-electron chi connectivity index (χ1n) is 12.2. The number of nitrogens with two attached hydrogens (primary N) is 1. The van der Waals surface area contributed by atoms with E-state index in [2.05, 4.69) is 5.32 Å². The maximum atomic E-state index is 13.6. The molecule has 5 atom stereocenters. The molecule has 10 nitrogen and oxygen atoms in total. The molecule has 1 aromatic carbocycles. The molecule has 3 aliphatic carbocycles. The fourth-order valence-electron chi connectivity index (χ4n) is 6.64. The van der Waals surface area contributed by atoms with Crippen LogP contribution in [0.3, 0.4) is 0 Å². The number of ketones is 2. The number of allylic oxidation sites excluding steroid dienone is 1. The summed E-state index contributed by atoms with van der Waals surface area (Å²) in [6, 6.07) is 2.53. The molecular formula is C26H31N3O7. The van der Waals surface area contributed by atoms with Crippen LogP contribution in [-0.4, -0.2) is 75.1 Å². The third-order valence-corrected chi connectivity index (χ3v) is 8.27. The molecule has 1 saturated heterocycles. The van der Waals surface area contributed by atoms with E-state index in [1.807, 2.05) is 6.07 Å². The van der Waals surface area contributed by atoms with Gasteiger partial charge in [-0.3, -0.25) is 19.3 Å². The standard InChI is InChI=1S/C26H31N3O7/c1-29(2)20-14-9-13-8-12-7-11(15-5-3-4-6-28-15)10-16(30)17(12)21(31)18(13)23(33)26(14,36)24(34)19(22(20)32)25(27)35/h7,10,13-15,20,28,30,32-33,36H,3-6,8-9H2,1-2H3,(H2,27,35)/t13-,14-,15?,20-,26-/m0/s1. The van der Waals surface area contributed by atoms with Gasteiger partial charge in [-0.05, 0) is 69.4 Å². The summed E-state index contributed by atoms with van der Waals surface area (Å²) in [5.41, 5.74) is 3.33. The van der Waals surface area contributed by atoms with Crippen molar-refractivity contribution in [2.24, 2.45) is 17.6 Å². The molecule has 0 spiro atoms.